The van der Waals surface area contributed by atoms with Crippen LogP contribution in [-0.2, 0) is 13.0 Å². The first-order chi connectivity index (χ1) is 11.5. The molecule has 1 aromatic carbocycles. The minimum absolute atomic E-state index is 0.104. The molecule has 1 amide bonds. The summed E-state index contributed by atoms with van der Waals surface area (Å²) in [7, 11) is 0. The Balaban J connectivity index is 1.72. The lowest BCUT2D eigenvalue weighted by Crippen LogP contribution is -2.27. The van der Waals surface area contributed by atoms with E-state index < -0.39 is 4.92 Å². The van der Waals surface area contributed by atoms with Crippen LogP contribution < -0.4 is 5.32 Å². The maximum atomic E-state index is 12.1. The van der Waals surface area contributed by atoms with Crippen LogP contribution in [0.25, 0.3) is 0 Å². The fraction of sp³-hybridized carbons (Fsp3) is 0.412. The number of nitro benzene ring substituents is 1. The highest BCUT2D eigenvalue weighted by molar-refractivity contribution is 5.92. The second kappa shape index (κ2) is 8.24. The van der Waals surface area contributed by atoms with Gasteiger partial charge in [-0.2, -0.15) is 5.10 Å². The van der Waals surface area contributed by atoms with Gasteiger partial charge in [-0.3, -0.25) is 19.6 Å². The zero-order valence-corrected chi connectivity index (χ0v) is 14.0. The van der Waals surface area contributed by atoms with Crippen LogP contribution in [0.3, 0.4) is 0 Å². The summed E-state index contributed by atoms with van der Waals surface area (Å²) in [5.41, 5.74) is 2.59. The monoisotopic (exact) mass is 330 g/mol. The van der Waals surface area contributed by atoms with Crippen molar-refractivity contribution in [2.24, 2.45) is 0 Å². The number of benzene rings is 1. The van der Waals surface area contributed by atoms with E-state index in [1.54, 1.807) is 22.9 Å². The van der Waals surface area contributed by atoms with E-state index in [-0.39, 0.29) is 11.6 Å². The van der Waals surface area contributed by atoms with E-state index >= 15 is 0 Å². The number of hydrogen-bond donors (Lipinski definition) is 1. The van der Waals surface area contributed by atoms with Gasteiger partial charge in [-0.05, 0) is 44.7 Å². The summed E-state index contributed by atoms with van der Waals surface area (Å²) in [6.07, 6.45) is 2.59. The van der Waals surface area contributed by atoms with Gasteiger partial charge in [0.2, 0.25) is 0 Å². The van der Waals surface area contributed by atoms with Crippen molar-refractivity contribution in [2.45, 2.75) is 39.7 Å². The minimum atomic E-state index is -0.401. The quantitative estimate of drug-likeness (QED) is 0.458. The van der Waals surface area contributed by atoms with Gasteiger partial charge >= 0.3 is 0 Å². The highest BCUT2D eigenvalue weighted by Gasteiger charge is 2.12. The summed E-state index contributed by atoms with van der Waals surface area (Å²) in [6.45, 7) is 5.08. The molecule has 2 aromatic rings. The van der Waals surface area contributed by atoms with Gasteiger partial charge < -0.3 is 5.32 Å². The Labute approximate surface area is 140 Å². The van der Waals surface area contributed by atoms with E-state index in [1.165, 1.54) is 12.1 Å². The third-order valence-corrected chi connectivity index (χ3v) is 3.76. The predicted molar refractivity (Wildman–Crippen MR) is 91.0 cm³/mol. The zero-order valence-electron chi connectivity index (χ0n) is 14.0. The number of nitrogens with zero attached hydrogens (tertiary/aromatic N) is 3. The van der Waals surface area contributed by atoms with Gasteiger partial charge in [-0.15, -0.1) is 0 Å². The van der Waals surface area contributed by atoms with Crippen LogP contribution in [0.4, 0.5) is 5.69 Å². The number of carbonyl (C=O) groups excluding carboxylic acids is 1. The SMILES string of the molecule is CCn1nc(C)cc1C(=O)NCCCCc1ccc([N+](=O)[O-])cc1. The van der Waals surface area contributed by atoms with E-state index in [9.17, 15) is 14.9 Å². The molecule has 7 nitrogen and oxygen atoms in total. The first-order valence-corrected chi connectivity index (χ1v) is 8.07. The Kier molecular flexibility index (Phi) is 6.06. The summed E-state index contributed by atoms with van der Waals surface area (Å²) in [5.74, 6) is -0.104. The molecule has 1 aromatic heterocycles. The van der Waals surface area contributed by atoms with Crippen molar-refractivity contribution in [3.05, 3.63) is 57.4 Å². The molecule has 0 aliphatic rings. The Bertz CT molecular complexity index is 707. The normalized spacial score (nSPS) is 10.6. The molecule has 128 valence electrons. The second-order valence-electron chi connectivity index (χ2n) is 5.62. The topological polar surface area (TPSA) is 90.1 Å². The minimum Gasteiger partial charge on any atom is -0.351 e. The van der Waals surface area contributed by atoms with Gasteiger partial charge in [0.15, 0.2) is 0 Å². The van der Waals surface area contributed by atoms with Crippen molar-refractivity contribution in [1.82, 2.24) is 15.1 Å². The van der Waals surface area contributed by atoms with Crippen molar-refractivity contribution in [2.75, 3.05) is 6.54 Å². The summed E-state index contributed by atoms with van der Waals surface area (Å²) >= 11 is 0. The van der Waals surface area contributed by atoms with Gasteiger partial charge in [0, 0.05) is 25.2 Å². The number of carbonyl (C=O) groups is 1. The number of non-ortho nitro benzene ring substituents is 1. The summed E-state index contributed by atoms with van der Waals surface area (Å²) in [4.78, 5) is 22.3. The average Bonchev–Trinajstić information content (AvgIpc) is 2.96. The van der Waals surface area contributed by atoms with Crippen LogP contribution in [0.5, 0.6) is 0 Å². The number of aryl methyl sites for hydroxylation is 3. The fourth-order valence-corrected chi connectivity index (χ4v) is 2.50. The van der Waals surface area contributed by atoms with Crippen molar-refractivity contribution in [3.8, 4) is 0 Å². The third kappa shape index (κ3) is 4.65. The number of hydrogen-bond acceptors (Lipinski definition) is 4. The molecule has 0 fully saturated rings. The average molecular weight is 330 g/mol. The lowest BCUT2D eigenvalue weighted by atomic mass is 10.1. The molecule has 24 heavy (non-hydrogen) atoms. The van der Waals surface area contributed by atoms with E-state index in [2.05, 4.69) is 10.4 Å². The van der Waals surface area contributed by atoms with E-state index in [0.717, 1.165) is 30.5 Å². The summed E-state index contributed by atoms with van der Waals surface area (Å²) in [5, 5.41) is 17.8. The first-order valence-electron chi connectivity index (χ1n) is 8.07. The van der Waals surface area contributed by atoms with Crippen LogP contribution in [-0.4, -0.2) is 27.2 Å². The van der Waals surface area contributed by atoms with E-state index in [4.69, 9.17) is 0 Å². The highest BCUT2D eigenvalue weighted by atomic mass is 16.6. The van der Waals surface area contributed by atoms with Gasteiger partial charge in [0.25, 0.3) is 11.6 Å². The van der Waals surface area contributed by atoms with Gasteiger partial charge in [-0.1, -0.05) is 12.1 Å². The highest BCUT2D eigenvalue weighted by Crippen LogP contribution is 2.13. The number of amides is 1. The lowest BCUT2D eigenvalue weighted by Gasteiger charge is -2.06. The Morgan fingerprint density at radius 3 is 2.62 bits per heavy atom. The number of unbranched alkanes of at least 4 members (excludes halogenated alkanes) is 1. The molecule has 0 atom stereocenters. The van der Waals surface area contributed by atoms with Crippen molar-refractivity contribution in [3.63, 3.8) is 0 Å². The number of nitro groups is 1. The maximum Gasteiger partial charge on any atom is 0.269 e. The molecule has 2 rings (SSSR count). The molecular formula is C17H22N4O3. The number of nitrogens with one attached hydrogen (secondary N) is 1. The van der Waals surface area contributed by atoms with Gasteiger partial charge in [-0.25, -0.2) is 0 Å². The zero-order chi connectivity index (χ0) is 17.5. The molecule has 0 aliphatic carbocycles. The summed E-state index contributed by atoms with van der Waals surface area (Å²) < 4.78 is 1.70. The summed E-state index contributed by atoms with van der Waals surface area (Å²) in [6, 6.07) is 8.38. The Morgan fingerprint density at radius 1 is 1.29 bits per heavy atom. The molecule has 0 unspecified atom stereocenters. The third-order valence-electron chi connectivity index (χ3n) is 3.76. The Hall–Kier alpha value is -2.70. The second-order valence-corrected chi connectivity index (χ2v) is 5.62. The van der Waals surface area contributed by atoms with Crippen LogP contribution >= 0.6 is 0 Å². The lowest BCUT2D eigenvalue weighted by molar-refractivity contribution is -0.384. The van der Waals surface area contributed by atoms with Crippen molar-refractivity contribution < 1.29 is 9.72 Å². The molecule has 0 saturated carbocycles. The Morgan fingerprint density at radius 2 is 2.00 bits per heavy atom. The van der Waals surface area contributed by atoms with Crippen molar-refractivity contribution in [1.29, 1.82) is 0 Å². The van der Waals surface area contributed by atoms with Crippen molar-refractivity contribution >= 4 is 11.6 Å². The maximum absolute atomic E-state index is 12.1. The number of rotatable bonds is 8. The van der Waals surface area contributed by atoms with Crippen LogP contribution in [0, 0.1) is 17.0 Å². The molecular weight excluding hydrogens is 308 g/mol. The van der Waals surface area contributed by atoms with Gasteiger partial charge in [0.1, 0.15) is 5.69 Å². The van der Waals surface area contributed by atoms with Crippen LogP contribution in [0.1, 0.15) is 41.5 Å². The smallest absolute Gasteiger partial charge is 0.269 e. The molecule has 0 aliphatic heterocycles. The standard InChI is InChI=1S/C17H22N4O3/c1-3-20-16(12-13(2)19-20)17(22)18-11-5-4-6-14-7-9-15(10-8-14)21(23)24/h7-10,12H,3-6,11H2,1-2H3,(H,18,22). The molecule has 0 saturated heterocycles. The van der Waals surface area contributed by atoms with E-state index in [0.29, 0.717) is 18.8 Å². The molecule has 1 heterocycles. The van der Waals surface area contributed by atoms with Gasteiger partial charge in [0.05, 0.1) is 10.6 Å². The number of aromatic nitrogens is 2. The van der Waals surface area contributed by atoms with E-state index in [1.807, 2.05) is 13.8 Å². The van der Waals surface area contributed by atoms with Crippen LogP contribution in [0.2, 0.25) is 0 Å². The molecule has 1 N–H and O–H groups in total. The molecule has 0 radical (unpaired) electrons. The molecule has 7 heteroatoms. The molecule has 0 bridgehead atoms. The van der Waals surface area contributed by atoms with Crippen LogP contribution in [0.15, 0.2) is 30.3 Å². The largest absolute Gasteiger partial charge is 0.351 e. The predicted octanol–water partition coefficient (Wildman–Crippen LogP) is 2.87. The first kappa shape index (κ1) is 17.7. The molecule has 0 spiro atoms. The fourth-order valence-electron chi connectivity index (χ4n) is 2.50.